The monoisotopic (exact) mass is 293 g/mol. The number of nitrogen functional groups attached to an aromatic ring is 1. The zero-order valence-electron chi connectivity index (χ0n) is 10.7. The molecule has 0 spiro atoms. The van der Waals surface area contributed by atoms with Crippen molar-refractivity contribution in [1.29, 1.82) is 0 Å². The summed E-state index contributed by atoms with van der Waals surface area (Å²) in [6.45, 7) is 0. The van der Waals surface area contributed by atoms with Gasteiger partial charge in [-0.15, -0.1) is 0 Å². The molecule has 20 heavy (non-hydrogen) atoms. The van der Waals surface area contributed by atoms with Crippen molar-refractivity contribution in [3.05, 3.63) is 52.8 Å². The van der Waals surface area contributed by atoms with Gasteiger partial charge in [-0.3, -0.25) is 4.79 Å². The van der Waals surface area contributed by atoms with Crippen LogP contribution in [0.3, 0.4) is 0 Å². The number of nitrogens with two attached hydrogens (primary N) is 1. The van der Waals surface area contributed by atoms with Crippen LogP contribution in [0.4, 0.5) is 21.5 Å². The first-order valence-electron chi connectivity index (χ1n) is 5.85. The van der Waals surface area contributed by atoms with Crippen molar-refractivity contribution < 1.29 is 9.18 Å². The van der Waals surface area contributed by atoms with Crippen LogP contribution in [0.1, 0.15) is 10.4 Å². The lowest BCUT2D eigenvalue weighted by atomic mass is 10.1. The zero-order chi connectivity index (χ0) is 14.7. The summed E-state index contributed by atoms with van der Waals surface area (Å²) in [6, 6.07) is 9.15. The van der Waals surface area contributed by atoms with Crippen LogP contribution in [0.15, 0.2) is 36.4 Å². The van der Waals surface area contributed by atoms with E-state index in [1.54, 1.807) is 31.3 Å². The third kappa shape index (κ3) is 3.00. The minimum atomic E-state index is -0.486. The third-order valence-corrected chi connectivity index (χ3v) is 3.03. The highest BCUT2D eigenvalue weighted by Crippen LogP contribution is 2.26. The molecule has 0 saturated carbocycles. The van der Waals surface area contributed by atoms with Crippen molar-refractivity contribution in [2.24, 2.45) is 0 Å². The quantitative estimate of drug-likeness (QED) is 0.762. The van der Waals surface area contributed by atoms with E-state index in [9.17, 15) is 9.18 Å². The fourth-order valence-electron chi connectivity index (χ4n) is 1.69. The highest BCUT2D eigenvalue weighted by Gasteiger charge is 2.07. The first kappa shape index (κ1) is 14.1. The molecule has 1 amide bonds. The maximum Gasteiger partial charge on any atom is 0.251 e. The van der Waals surface area contributed by atoms with E-state index in [1.807, 2.05) is 0 Å². The number of anilines is 3. The van der Waals surface area contributed by atoms with Gasteiger partial charge < -0.3 is 16.4 Å². The Hall–Kier alpha value is -2.27. The second-order valence-electron chi connectivity index (χ2n) is 4.14. The topological polar surface area (TPSA) is 67.2 Å². The molecule has 0 radical (unpaired) electrons. The number of carbonyl (C=O) groups excluding carboxylic acids is 1. The molecule has 2 aromatic carbocycles. The summed E-state index contributed by atoms with van der Waals surface area (Å²) in [7, 11) is 1.55. The van der Waals surface area contributed by atoms with E-state index in [4.69, 9.17) is 17.3 Å². The molecule has 6 heteroatoms. The molecule has 104 valence electrons. The fraction of sp³-hybridized carbons (Fsp3) is 0.0714. The minimum absolute atomic E-state index is 0.0237. The first-order valence-corrected chi connectivity index (χ1v) is 6.22. The number of hydrogen-bond acceptors (Lipinski definition) is 3. The Labute approximate surface area is 120 Å². The van der Waals surface area contributed by atoms with Crippen LogP contribution in [0.2, 0.25) is 5.02 Å². The normalized spacial score (nSPS) is 10.2. The molecule has 4 nitrogen and oxygen atoms in total. The van der Waals surface area contributed by atoms with Gasteiger partial charge >= 0.3 is 0 Å². The largest absolute Gasteiger partial charge is 0.397 e. The summed E-state index contributed by atoms with van der Waals surface area (Å²) < 4.78 is 13.1. The molecular formula is C14H13ClFN3O. The summed E-state index contributed by atoms with van der Waals surface area (Å²) in [5.74, 6) is -0.701. The third-order valence-electron chi connectivity index (χ3n) is 2.74. The van der Waals surface area contributed by atoms with E-state index in [0.717, 1.165) is 0 Å². The molecule has 0 bridgehead atoms. The molecule has 2 aromatic rings. The minimum Gasteiger partial charge on any atom is -0.397 e. The van der Waals surface area contributed by atoms with Gasteiger partial charge in [0.2, 0.25) is 0 Å². The molecule has 4 N–H and O–H groups in total. The number of amides is 1. The summed E-state index contributed by atoms with van der Waals surface area (Å²) in [6.07, 6.45) is 0. The number of benzene rings is 2. The van der Waals surface area contributed by atoms with Crippen molar-refractivity contribution in [3.8, 4) is 0 Å². The van der Waals surface area contributed by atoms with Gasteiger partial charge in [0.15, 0.2) is 0 Å². The van der Waals surface area contributed by atoms with Crippen molar-refractivity contribution in [2.45, 2.75) is 0 Å². The van der Waals surface area contributed by atoms with E-state index in [0.29, 0.717) is 22.6 Å². The van der Waals surface area contributed by atoms with Gasteiger partial charge in [0, 0.05) is 18.3 Å². The zero-order valence-corrected chi connectivity index (χ0v) is 11.5. The predicted molar refractivity (Wildman–Crippen MR) is 78.9 cm³/mol. The first-order chi connectivity index (χ1) is 9.51. The van der Waals surface area contributed by atoms with E-state index < -0.39 is 5.82 Å². The van der Waals surface area contributed by atoms with E-state index in [1.165, 1.54) is 12.1 Å². The Morgan fingerprint density at radius 2 is 2.00 bits per heavy atom. The smallest absolute Gasteiger partial charge is 0.251 e. The van der Waals surface area contributed by atoms with Crippen molar-refractivity contribution >= 4 is 34.6 Å². The summed E-state index contributed by atoms with van der Waals surface area (Å²) >= 11 is 5.71. The second kappa shape index (κ2) is 5.79. The Kier molecular flexibility index (Phi) is 4.10. The van der Waals surface area contributed by atoms with Gasteiger partial charge in [0.1, 0.15) is 5.82 Å². The fourth-order valence-corrected chi connectivity index (χ4v) is 1.87. The van der Waals surface area contributed by atoms with Gasteiger partial charge in [-0.25, -0.2) is 4.39 Å². The van der Waals surface area contributed by atoms with Gasteiger partial charge in [-0.1, -0.05) is 11.6 Å². The molecule has 0 aromatic heterocycles. The maximum atomic E-state index is 13.1. The summed E-state index contributed by atoms with van der Waals surface area (Å²) in [4.78, 5) is 11.5. The Bertz CT molecular complexity index is 661. The van der Waals surface area contributed by atoms with Gasteiger partial charge in [0.25, 0.3) is 5.91 Å². The van der Waals surface area contributed by atoms with Gasteiger partial charge in [-0.2, -0.15) is 0 Å². The van der Waals surface area contributed by atoms with Crippen molar-refractivity contribution in [3.63, 3.8) is 0 Å². The molecule has 0 unspecified atom stereocenters. The Morgan fingerprint density at radius 1 is 1.25 bits per heavy atom. The van der Waals surface area contributed by atoms with Crippen LogP contribution >= 0.6 is 11.6 Å². The lowest BCUT2D eigenvalue weighted by molar-refractivity contribution is 0.0963. The number of carbonyl (C=O) groups is 1. The molecule has 0 aliphatic heterocycles. The highest BCUT2D eigenvalue weighted by atomic mass is 35.5. The molecule has 0 saturated heterocycles. The second-order valence-corrected chi connectivity index (χ2v) is 4.54. The van der Waals surface area contributed by atoms with Crippen LogP contribution < -0.4 is 16.4 Å². The molecular weight excluding hydrogens is 281 g/mol. The van der Waals surface area contributed by atoms with Crippen LogP contribution in [-0.2, 0) is 0 Å². The van der Waals surface area contributed by atoms with Crippen LogP contribution in [0.25, 0.3) is 0 Å². The predicted octanol–water partition coefficient (Wildman–Crippen LogP) is 3.16. The average Bonchev–Trinajstić information content (AvgIpc) is 2.44. The molecule has 0 heterocycles. The summed E-state index contributed by atoms with van der Waals surface area (Å²) in [5.41, 5.74) is 7.97. The molecule has 2 rings (SSSR count). The standard InChI is InChI=1S/C14H13ClFN3O/c1-18-14(20)8-2-5-13(12(17)6-8)19-9-3-4-11(16)10(15)7-9/h2-7,19H,17H2,1H3,(H,18,20). The van der Waals surface area contributed by atoms with Crippen LogP contribution in [0.5, 0.6) is 0 Å². The van der Waals surface area contributed by atoms with Gasteiger partial charge in [-0.05, 0) is 36.4 Å². The van der Waals surface area contributed by atoms with E-state index in [-0.39, 0.29) is 10.9 Å². The molecule has 0 atom stereocenters. The SMILES string of the molecule is CNC(=O)c1ccc(Nc2ccc(F)c(Cl)c2)c(N)c1. The Balaban J connectivity index is 2.25. The maximum absolute atomic E-state index is 13.1. The number of halogens is 2. The van der Waals surface area contributed by atoms with Gasteiger partial charge in [0.05, 0.1) is 16.4 Å². The highest BCUT2D eigenvalue weighted by molar-refractivity contribution is 6.31. The molecule has 0 aliphatic rings. The molecule has 0 aliphatic carbocycles. The summed E-state index contributed by atoms with van der Waals surface area (Å²) in [5, 5.41) is 5.56. The van der Waals surface area contributed by atoms with Crippen molar-refractivity contribution in [1.82, 2.24) is 5.32 Å². The van der Waals surface area contributed by atoms with E-state index >= 15 is 0 Å². The number of nitrogens with one attached hydrogen (secondary N) is 2. The molecule has 0 fully saturated rings. The van der Waals surface area contributed by atoms with Crippen molar-refractivity contribution in [2.75, 3.05) is 18.1 Å². The lowest BCUT2D eigenvalue weighted by Gasteiger charge is -2.11. The average molecular weight is 294 g/mol. The Morgan fingerprint density at radius 3 is 2.60 bits per heavy atom. The lowest BCUT2D eigenvalue weighted by Crippen LogP contribution is -2.17. The van der Waals surface area contributed by atoms with Crippen LogP contribution in [0, 0.1) is 5.82 Å². The number of hydrogen-bond donors (Lipinski definition) is 3. The van der Waals surface area contributed by atoms with E-state index in [2.05, 4.69) is 10.6 Å². The number of rotatable bonds is 3. The van der Waals surface area contributed by atoms with Crippen LogP contribution in [-0.4, -0.2) is 13.0 Å².